The van der Waals surface area contributed by atoms with Crippen LogP contribution in [0.5, 0.6) is 0 Å². The van der Waals surface area contributed by atoms with Crippen molar-refractivity contribution in [1.29, 1.82) is 0 Å². The number of oxazole rings is 1. The van der Waals surface area contributed by atoms with Crippen molar-refractivity contribution in [3.8, 4) is 0 Å². The summed E-state index contributed by atoms with van der Waals surface area (Å²) in [6, 6.07) is 10.6. The summed E-state index contributed by atoms with van der Waals surface area (Å²) in [6.07, 6.45) is 2.75. The van der Waals surface area contributed by atoms with Crippen molar-refractivity contribution >= 4 is 22.7 Å². The topological polar surface area (TPSA) is 98.6 Å². The fourth-order valence-corrected chi connectivity index (χ4v) is 4.53. The second kappa shape index (κ2) is 8.37. The van der Waals surface area contributed by atoms with E-state index in [0.717, 1.165) is 19.4 Å². The van der Waals surface area contributed by atoms with E-state index in [1.807, 2.05) is 4.90 Å². The van der Waals surface area contributed by atoms with Crippen LogP contribution in [0.2, 0.25) is 0 Å². The Kier molecular flexibility index (Phi) is 5.63. The lowest BCUT2D eigenvalue weighted by Crippen LogP contribution is -2.30. The third-order valence-electron chi connectivity index (χ3n) is 5.84. The summed E-state index contributed by atoms with van der Waals surface area (Å²) in [5.41, 5.74) is 4.12. The minimum Gasteiger partial charge on any atom is -0.407 e. The maximum absolute atomic E-state index is 12.9. The number of nitrogens with zero attached hydrogens (tertiary/aromatic N) is 3. The number of non-ortho nitro benzene ring substituents is 1. The highest BCUT2D eigenvalue weighted by Gasteiger charge is 2.29. The third-order valence-corrected chi connectivity index (χ3v) is 5.84. The molecule has 2 heterocycles. The largest absolute Gasteiger partial charge is 0.419 e. The van der Waals surface area contributed by atoms with Gasteiger partial charge >= 0.3 is 5.76 Å². The van der Waals surface area contributed by atoms with Gasteiger partial charge in [0.1, 0.15) is 0 Å². The first-order valence-corrected chi connectivity index (χ1v) is 10.5. The van der Waals surface area contributed by atoms with Gasteiger partial charge in [-0.25, -0.2) is 4.79 Å². The van der Waals surface area contributed by atoms with Crippen LogP contribution >= 0.6 is 0 Å². The van der Waals surface area contributed by atoms with Crippen molar-refractivity contribution in [2.24, 2.45) is 0 Å². The number of carbonyl (C=O) groups is 1. The summed E-state index contributed by atoms with van der Waals surface area (Å²) >= 11 is 0. The molecule has 8 nitrogen and oxygen atoms in total. The molecule has 1 amide bonds. The molecular weight excluding hydrogens is 398 g/mol. The van der Waals surface area contributed by atoms with Crippen LogP contribution in [0.15, 0.2) is 45.6 Å². The maximum Gasteiger partial charge on any atom is 0.419 e. The summed E-state index contributed by atoms with van der Waals surface area (Å²) in [5, 5.41) is 10.9. The number of rotatable bonds is 6. The Morgan fingerprint density at radius 3 is 2.65 bits per heavy atom. The van der Waals surface area contributed by atoms with Crippen molar-refractivity contribution in [3.63, 3.8) is 0 Å². The van der Waals surface area contributed by atoms with Crippen molar-refractivity contribution < 1.29 is 14.1 Å². The zero-order valence-corrected chi connectivity index (χ0v) is 17.7. The number of aromatic nitrogens is 1. The van der Waals surface area contributed by atoms with Crippen molar-refractivity contribution in [1.82, 2.24) is 9.47 Å². The highest BCUT2D eigenvalue weighted by atomic mass is 16.6. The summed E-state index contributed by atoms with van der Waals surface area (Å²) in [7, 11) is 0. The Morgan fingerprint density at radius 1 is 1.19 bits per heavy atom. The van der Waals surface area contributed by atoms with E-state index in [9.17, 15) is 19.7 Å². The number of nitro benzene ring substituents is 1. The predicted molar refractivity (Wildman–Crippen MR) is 116 cm³/mol. The number of carbonyl (C=O) groups excluding carboxylic acids is 1. The fraction of sp³-hybridized carbons (Fsp3) is 0.391. The summed E-state index contributed by atoms with van der Waals surface area (Å²) in [5.74, 6) is -0.490. The second-order valence-corrected chi connectivity index (χ2v) is 8.20. The molecule has 1 unspecified atom stereocenters. The lowest BCUT2D eigenvalue weighted by molar-refractivity contribution is -0.384. The van der Waals surface area contributed by atoms with Gasteiger partial charge in [0.25, 0.3) is 5.69 Å². The van der Waals surface area contributed by atoms with E-state index in [2.05, 4.69) is 32.0 Å². The van der Waals surface area contributed by atoms with Gasteiger partial charge in [-0.1, -0.05) is 29.3 Å². The first-order chi connectivity index (χ1) is 14.8. The number of likely N-dealkylation sites (tertiary alicyclic amines) is 1. The van der Waals surface area contributed by atoms with Crippen LogP contribution in [0.4, 0.5) is 5.69 Å². The van der Waals surface area contributed by atoms with Gasteiger partial charge in [0.05, 0.1) is 22.5 Å². The highest BCUT2D eigenvalue weighted by molar-refractivity contribution is 5.77. The smallest absolute Gasteiger partial charge is 0.407 e. The first kappa shape index (κ1) is 20.8. The lowest BCUT2D eigenvalue weighted by atomic mass is 9.99. The number of aryl methyl sites for hydroxylation is 3. The van der Waals surface area contributed by atoms with Crippen molar-refractivity contribution in [2.75, 3.05) is 6.54 Å². The molecule has 8 heteroatoms. The summed E-state index contributed by atoms with van der Waals surface area (Å²) in [6.45, 7) is 5.20. The number of hydrogen-bond donors (Lipinski definition) is 0. The van der Waals surface area contributed by atoms with Gasteiger partial charge < -0.3 is 9.32 Å². The molecule has 0 N–H and O–H groups in total. The van der Waals surface area contributed by atoms with Crippen LogP contribution in [0, 0.1) is 24.0 Å². The van der Waals surface area contributed by atoms with Crippen molar-refractivity contribution in [2.45, 2.75) is 52.1 Å². The van der Waals surface area contributed by atoms with E-state index < -0.39 is 10.7 Å². The molecule has 2 aromatic carbocycles. The van der Waals surface area contributed by atoms with Gasteiger partial charge in [-0.15, -0.1) is 0 Å². The average Bonchev–Trinajstić information content (AvgIpc) is 3.31. The number of nitro groups is 1. The van der Waals surface area contributed by atoms with Crippen LogP contribution < -0.4 is 5.76 Å². The molecule has 0 radical (unpaired) electrons. The summed E-state index contributed by atoms with van der Waals surface area (Å²) in [4.78, 5) is 37.5. The van der Waals surface area contributed by atoms with Gasteiger partial charge in [-0.05, 0) is 44.7 Å². The Hall–Kier alpha value is -3.42. The first-order valence-electron chi connectivity index (χ1n) is 10.5. The Labute approximate surface area is 179 Å². The van der Waals surface area contributed by atoms with Crippen LogP contribution in [0.1, 0.15) is 48.4 Å². The number of hydrogen-bond acceptors (Lipinski definition) is 5. The molecule has 1 saturated heterocycles. The SMILES string of the molecule is Cc1cc(C)cc(C2CCCN2C(=O)CCCn2c(=O)oc3cc([N+](=O)[O-])ccc32)c1. The van der Waals surface area contributed by atoms with E-state index in [4.69, 9.17) is 4.42 Å². The fourth-order valence-electron chi connectivity index (χ4n) is 4.53. The molecule has 1 aliphatic rings. The molecule has 0 aliphatic carbocycles. The molecular formula is C23H25N3O5. The Morgan fingerprint density at radius 2 is 1.94 bits per heavy atom. The molecule has 1 aliphatic heterocycles. The Bertz CT molecular complexity index is 1190. The predicted octanol–water partition coefficient (Wildman–Crippen LogP) is 4.26. The Balaban J connectivity index is 1.44. The average molecular weight is 423 g/mol. The quantitative estimate of drug-likeness (QED) is 0.436. The van der Waals surface area contributed by atoms with Crippen LogP contribution in [0.3, 0.4) is 0 Å². The molecule has 0 spiro atoms. The number of amides is 1. The molecule has 3 aromatic rings. The van der Waals surface area contributed by atoms with Crippen LogP contribution in [-0.4, -0.2) is 26.8 Å². The minimum absolute atomic E-state index is 0.0816. The molecule has 0 saturated carbocycles. The van der Waals surface area contributed by atoms with Gasteiger partial charge in [0, 0.05) is 25.6 Å². The second-order valence-electron chi connectivity index (χ2n) is 8.20. The minimum atomic E-state index is -0.572. The van der Waals surface area contributed by atoms with E-state index in [1.165, 1.54) is 39.5 Å². The molecule has 31 heavy (non-hydrogen) atoms. The van der Waals surface area contributed by atoms with E-state index in [1.54, 1.807) is 0 Å². The van der Waals surface area contributed by atoms with E-state index in [-0.39, 0.29) is 23.2 Å². The summed E-state index contributed by atoms with van der Waals surface area (Å²) < 4.78 is 6.58. The van der Waals surface area contributed by atoms with Gasteiger partial charge in [-0.2, -0.15) is 0 Å². The molecule has 4 rings (SSSR count). The van der Waals surface area contributed by atoms with E-state index >= 15 is 0 Å². The molecule has 0 bridgehead atoms. The number of benzene rings is 2. The maximum atomic E-state index is 12.9. The monoisotopic (exact) mass is 423 g/mol. The zero-order valence-electron chi connectivity index (χ0n) is 17.7. The van der Waals surface area contributed by atoms with Crippen LogP contribution in [0.25, 0.3) is 11.1 Å². The zero-order chi connectivity index (χ0) is 22.1. The van der Waals surface area contributed by atoms with E-state index in [0.29, 0.717) is 24.9 Å². The van der Waals surface area contributed by atoms with Crippen LogP contribution in [-0.2, 0) is 11.3 Å². The third kappa shape index (κ3) is 4.23. The molecule has 1 atom stereocenters. The highest BCUT2D eigenvalue weighted by Crippen LogP contribution is 2.33. The lowest BCUT2D eigenvalue weighted by Gasteiger charge is -2.26. The molecule has 1 fully saturated rings. The van der Waals surface area contributed by atoms with Gasteiger partial charge in [0.2, 0.25) is 5.91 Å². The normalized spacial score (nSPS) is 16.2. The molecule has 1 aromatic heterocycles. The number of fused-ring (bicyclic) bond motifs is 1. The standard InChI is InChI=1S/C23H25N3O5/c1-15-11-16(2)13-17(12-15)19-5-3-9-24(19)22(27)6-4-10-25-20-8-7-18(26(29)30)14-21(20)31-23(25)28/h7-8,11-14,19H,3-6,9-10H2,1-2H3. The van der Waals surface area contributed by atoms with Gasteiger partial charge in [0.15, 0.2) is 5.58 Å². The molecule has 162 valence electrons. The van der Waals surface area contributed by atoms with Gasteiger partial charge in [-0.3, -0.25) is 19.5 Å². The van der Waals surface area contributed by atoms with Crippen molar-refractivity contribution in [3.05, 3.63) is 73.8 Å².